The minimum atomic E-state index is -0.756. The van der Waals surface area contributed by atoms with E-state index in [1.807, 2.05) is 0 Å². The number of anilines is 2. The Hall–Kier alpha value is -4.30. The molecule has 2 aromatic carbocycles. The molecule has 18 nitrogen and oxygen atoms in total. The number of benzene rings is 2. The summed E-state index contributed by atoms with van der Waals surface area (Å²) in [7, 11) is 0. The molecule has 0 saturated heterocycles. The van der Waals surface area contributed by atoms with E-state index in [1.165, 1.54) is 17.7 Å². The third-order valence-electron chi connectivity index (χ3n) is 6.07. The zero-order chi connectivity index (χ0) is 29.4. The Kier molecular flexibility index (Phi) is 10.3. The maximum absolute atomic E-state index is 13.6. The SMILES string of the molecule is NCCN(CCNc1ccc(NCCN(CCN)/[N+]([O-])=N/[O-])c2c1C(=O)c1c(O)ccc(O)c1C2=O)N([O-])N[O-]. The number of aromatic hydroxyl groups is 2. The Morgan fingerprint density at radius 1 is 0.825 bits per heavy atom. The van der Waals surface area contributed by atoms with E-state index in [4.69, 9.17) is 11.5 Å². The number of fused-ring (bicyclic) bond motifs is 2. The van der Waals surface area contributed by atoms with Crippen molar-refractivity contribution in [2.45, 2.75) is 0 Å². The van der Waals surface area contributed by atoms with Gasteiger partial charge in [0.15, 0.2) is 0 Å². The van der Waals surface area contributed by atoms with E-state index in [9.17, 15) is 40.6 Å². The molecular formula is C22H29N10O8-3. The largest absolute Gasteiger partial charge is 0.774 e. The van der Waals surface area contributed by atoms with Crippen LogP contribution in [-0.2, 0) is 0 Å². The van der Waals surface area contributed by atoms with Gasteiger partial charge in [0.05, 0.1) is 35.3 Å². The zero-order valence-corrected chi connectivity index (χ0v) is 21.2. The Bertz CT molecular complexity index is 1260. The number of nitrogens with one attached hydrogen (secondary N) is 3. The van der Waals surface area contributed by atoms with Crippen LogP contribution < -0.4 is 27.7 Å². The van der Waals surface area contributed by atoms with E-state index in [-0.39, 0.29) is 96.2 Å². The summed E-state index contributed by atoms with van der Waals surface area (Å²) in [5, 5.41) is 75.8. The molecule has 3 rings (SSSR count). The van der Waals surface area contributed by atoms with Gasteiger partial charge in [-0.25, -0.2) is 5.01 Å². The summed E-state index contributed by atoms with van der Waals surface area (Å²) >= 11 is 0. The molecule has 0 heterocycles. The fourth-order valence-electron chi connectivity index (χ4n) is 4.28. The standard InChI is InChI=1S/C22H30N10O8/c23-5-9-29(31(39)27-37)11-7-25-13-1-2-14(26-8-12-30(10-6-24)32(40)28-38)18-17(13)21(35)19-15(33)3-4-16(34)20(19)22(18)36/h1-4,25-27,33-34,38H,5-12,23-24H2/q-2/p-1/b32-28-. The fourth-order valence-corrected chi connectivity index (χ4v) is 4.28. The van der Waals surface area contributed by atoms with Crippen LogP contribution in [0, 0.1) is 20.8 Å². The van der Waals surface area contributed by atoms with Crippen molar-refractivity contribution in [2.75, 3.05) is 63.0 Å². The minimum Gasteiger partial charge on any atom is -0.774 e. The number of hydrogen-bond donors (Lipinski definition) is 7. The molecule has 0 saturated carbocycles. The van der Waals surface area contributed by atoms with Gasteiger partial charge in [0, 0.05) is 55.6 Å². The van der Waals surface area contributed by atoms with Gasteiger partial charge in [-0.1, -0.05) is 0 Å². The molecule has 2 aromatic rings. The maximum Gasteiger partial charge on any atom is 0.200 e. The molecular weight excluding hydrogens is 532 g/mol. The van der Waals surface area contributed by atoms with Crippen LogP contribution >= 0.6 is 0 Å². The predicted octanol–water partition coefficient (Wildman–Crippen LogP) is -0.689. The second-order valence-corrected chi connectivity index (χ2v) is 8.46. The van der Waals surface area contributed by atoms with E-state index in [0.29, 0.717) is 0 Å². The molecule has 9 N–H and O–H groups in total. The van der Waals surface area contributed by atoms with Gasteiger partial charge in [-0.15, -0.1) is 5.01 Å². The van der Waals surface area contributed by atoms with Crippen LogP contribution in [0.15, 0.2) is 29.5 Å². The highest BCUT2D eigenvalue weighted by molar-refractivity contribution is 6.33. The molecule has 18 heteroatoms. The topological polar surface area (TPSA) is 280 Å². The third-order valence-corrected chi connectivity index (χ3v) is 6.07. The average molecular weight is 562 g/mol. The lowest BCUT2D eigenvalue weighted by Crippen LogP contribution is -2.48. The molecule has 0 spiro atoms. The average Bonchev–Trinajstić information content (AvgIpc) is 2.95. The van der Waals surface area contributed by atoms with Crippen LogP contribution in [0.2, 0.25) is 0 Å². The van der Waals surface area contributed by atoms with Crippen LogP contribution in [0.3, 0.4) is 0 Å². The van der Waals surface area contributed by atoms with Crippen LogP contribution in [0.1, 0.15) is 31.8 Å². The number of nitrogens with two attached hydrogens (primary N) is 2. The molecule has 0 fully saturated rings. The molecule has 0 atom stereocenters. The molecule has 0 aromatic heterocycles. The number of carbonyl (C=O) groups excluding carboxylic acids is 2. The van der Waals surface area contributed by atoms with Gasteiger partial charge in [0.2, 0.25) is 11.6 Å². The van der Waals surface area contributed by atoms with Gasteiger partial charge in [-0.2, -0.15) is 0 Å². The molecule has 0 radical (unpaired) electrons. The Morgan fingerprint density at radius 2 is 1.32 bits per heavy atom. The molecule has 0 aliphatic heterocycles. The van der Waals surface area contributed by atoms with Crippen molar-refractivity contribution < 1.29 is 24.8 Å². The first-order valence-electron chi connectivity index (χ1n) is 12.0. The van der Waals surface area contributed by atoms with Gasteiger partial charge < -0.3 is 58.7 Å². The van der Waals surface area contributed by atoms with Crippen LogP contribution in [-0.4, -0.2) is 94.4 Å². The van der Waals surface area contributed by atoms with E-state index < -0.39 is 23.1 Å². The number of nitrogens with zero attached hydrogens (tertiary/aromatic N) is 5. The summed E-state index contributed by atoms with van der Waals surface area (Å²) in [6.07, 6.45) is 0. The predicted molar refractivity (Wildman–Crippen MR) is 142 cm³/mol. The summed E-state index contributed by atoms with van der Waals surface area (Å²) in [5.74, 6) is -2.52. The van der Waals surface area contributed by atoms with Crippen molar-refractivity contribution in [2.24, 2.45) is 16.7 Å². The summed E-state index contributed by atoms with van der Waals surface area (Å²) in [6, 6.07) is 5.14. The Balaban J connectivity index is 1.97. The smallest absolute Gasteiger partial charge is 0.200 e. The van der Waals surface area contributed by atoms with Gasteiger partial charge in [0.25, 0.3) is 0 Å². The molecule has 0 bridgehead atoms. The summed E-state index contributed by atoms with van der Waals surface area (Å²) in [6.45, 7) is 0.230. The maximum atomic E-state index is 13.6. The van der Waals surface area contributed by atoms with E-state index in [0.717, 1.165) is 22.2 Å². The Morgan fingerprint density at radius 3 is 1.77 bits per heavy atom. The number of carbonyl (C=O) groups is 2. The molecule has 0 unspecified atom stereocenters. The zero-order valence-electron chi connectivity index (χ0n) is 21.2. The molecule has 218 valence electrons. The summed E-state index contributed by atoms with van der Waals surface area (Å²) < 4.78 is 0. The fraction of sp³-hybridized carbons (Fsp3) is 0.364. The number of hydrogen-bond acceptors (Lipinski definition) is 16. The normalized spacial score (nSPS) is 13.0. The van der Waals surface area contributed by atoms with Crippen molar-refractivity contribution in [1.82, 2.24) is 20.9 Å². The van der Waals surface area contributed by atoms with Crippen LogP contribution in [0.25, 0.3) is 0 Å². The summed E-state index contributed by atoms with van der Waals surface area (Å²) in [4.78, 5) is 27.1. The number of ketones is 2. The number of rotatable bonds is 15. The lowest BCUT2D eigenvalue weighted by molar-refractivity contribution is -0.689. The summed E-state index contributed by atoms with van der Waals surface area (Å²) in [5.41, 5.74) is 11.5. The number of phenolic OH excluding ortho intramolecular Hbond substituents is 2. The number of phenols is 2. The lowest BCUT2D eigenvalue weighted by atomic mass is 9.81. The second-order valence-electron chi connectivity index (χ2n) is 8.46. The Labute approximate surface area is 227 Å². The van der Waals surface area contributed by atoms with Gasteiger partial charge in [-0.3, -0.25) is 14.9 Å². The molecule has 1 aliphatic carbocycles. The van der Waals surface area contributed by atoms with Gasteiger partial charge in [-0.05, 0) is 29.5 Å². The van der Waals surface area contributed by atoms with Crippen LogP contribution in [0.4, 0.5) is 11.4 Å². The quantitative estimate of drug-likeness (QED) is 0.0523. The van der Waals surface area contributed by atoms with E-state index in [1.54, 1.807) is 0 Å². The van der Waals surface area contributed by atoms with Crippen LogP contribution in [0.5, 0.6) is 11.5 Å². The van der Waals surface area contributed by atoms with Crippen molar-refractivity contribution in [3.63, 3.8) is 0 Å². The van der Waals surface area contributed by atoms with Crippen molar-refractivity contribution >= 4 is 22.9 Å². The monoisotopic (exact) mass is 561 g/mol. The van der Waals surface area contributed by atoms with Crippen molar-refractivity contribution in [1.29, 1.82) is 0 Å². The second kappa shape index (κ2) is 13.7. The van der Waals surface area contributed by atoms with Crippen molar-refractivity contribution in [3.05, 3.63) is 67.3 Å². The third kappa shape index (κ3) is 6.29. The van der Waals surface area contributed by atoms with Gasteiger partial charge in [0.1, 0.15) is 11.5 Å². The molecule has 40 heavy (non-hydrogen) atoms. The lowest BCUT2D eigenvalue weighted by Gasteiger charge is -2.42. The molecule has 0 amide bonds. The van der Waals surface area contributed by atoms with E-state index >= 15 is 0 Å². The first kappa shape index (κ1) is 30.2. The minimum absolute atomic E-state index is 0.0110. The molecule has 1 aliphatic rings. The highest BCUT2D eigenvalue weighted by Crippen LogP contribution is 2.42. The highest BCUT2D eigenvalue weighted by atomic mass is 16.7. The van der Waals surface area contributed by atoms with Crippen molar-refractivity contribution in [3.8, 4) is 11.5 Å². The highest BCUT2D eigenvalue weighted by Gasteiger charge is 2.38. The first-order chi connectivity index (χ1) is 19.2. The van der Waals surface area contributed by atoms with Gasteiger partial charge >= 0.3 is 0 Å². The first-order valence-corrected chi connectivity index (χ1v) is 12.0. The van der Waals surface area contributed by atoms with E-state index in [2.05, 4.69) is 15.9 Å². The number of hydrazine groups is 3.